The van der Waals surface area contributed by atoms with Gasteiger partial charge in [-0.05, 0) is 61.5 Å². The van der Waals surface area contributed by atoms with Crippen LogP contribution in [0.15, 0.2) is 41.8 Å². The highest BCUT2D eigenvalue weighted by molar-refractivity contribution is 7.12. The molecule has 3 aromatic rings. The van der Waals surface area contributed by atoms with Crippen molar-refractivity contribution in [2.75, 3.05) is 12.4 Å². The predicted molar refractivity (Wildman–Crippen MR) is 115 cm³/mol. The van der Waals surface area contributed by atoms with E-state index in [0.717, 1.165) is 22.4 Å². The Balaban J connectivity index is 1.65. The first kappa shape index (κ1) is 20.2. The summed E-state index contributed by atoms with van der Waals surface area (Å²) in [5.74, 6) is 1.28. The summed E-state index contributed by atoms with van der Waals surface area (Å²) in [6.45, 7) is 6.58. The van der Waals surface area contributed by atoms with Gasteiger partial charge in [0.25, 0.3) is 5.91 Å². The topological polar surface area (TPSA) is 47.6 Å². The minimum absolute atomic E-state index is 0.180. The lowest BCUT2D eigenvalue weighted by Gasteiger charge is -2.12. The Morgan fingerprint density at radius 1 is 1.11 bits per heavy atom. The van der Waals surface area contributed by atoms with Crippen LogP contribution in [-0.4, -0.2) is 13.0 Å². The average Bonchev–Trinajstić information content (AvgIpc) is 3.10. The van der Waals surface area contributed by atoms with Crippen molar-refractivity contribution < 1.29 is 14.3 Å². The maximum absolute atomic E-state index is 12.5. The van der Waals surface area contributed by atoms with Crippen LogP contribution in [0.25, 0.3) is 0 Å². The van der Waals surface area contributed by atoms with Crippen molar-refractivity contribution in [3.63, 3.8) is 0 Å². The third-order valence-electron chi connectivity index (χ3n) is 4.28. The Morgan fingerprint density at radius 2 is 1.82 bits per heavy atom. The van der Waals surface area contributed by atoms with Gasteiger partial charge in [-0.25, -0.2) is 0 Å². The molecule has 1 amide bonds. The fourth-order valence-corrected chi connectivity index (χ4v) is 4.11. The van der Waals surface area contributed by atoms with E-state index < -0.39 is 0 Å². The molecule has 1 heterocycles. The van der Waals surface area contributed by atoms with Gasteiger partial charge in [-0.2, -0.15) is 0 Å². The highest BCUT2D eigenvalue weighted by Crippen LogP contribution is 2.28. The summed E-state index contributed by atoms with van der Waals surface area (Å²) in [5, 5.41) is 5.24. The predicted octanol–water partition coefficient (Wildman–Crippen LogP) is 6.17. The van der Waals surface area contributed by atoms with E-state index in [1.54, 1.807) is 25.3 Å². The fourth-order valence-electron chi connectivity index (χ4n) is 3.06. The molecule has 0 saturated carbocycles. The summed E-state index contributed by atoms with van der Waals surface area (Å²) in [5.41, 5.74) is 5.02. The summed E-state index contributed by atoms with van der Waals surface area (Å²) >= 11 is 7.49. The van der Waals surface area contributed by atoms with Gasteiger partial charge in [0.1, 0.15) is 18.1 Å². The number of nitrogens with one attached hydrogen (secondary N) is 1. The zero-order chi connectivity index (χ0) is 20.3. The second kappa shape index (κ2) is 8.67. The number of carbonyl (C=O) groups is 1. The van der Waals surface area contributed by atoms with Crippen molar-refractivity contribution in [1.29, 1.82) is 0 Å². The Kier molecular flexibility index (Phi) is 6.27. The van der Waals surface area contributed by atoms with Crippen LogP contribution in [0.4, 0.5) is 5.69 Å². The lowest BCUT2D eigenvalue weighted by molar-refractivity contribution is 0.103. The van der Waals surface area contributed by atoms with Gasteiger partial charge < -0.3 is 14.8 Å². The first-order chi connectivity index (χ1) is 13.4. The summed E-state index contributed by atoms with van der Waals surface area (Å²) < 4.78 is 11.1. The minimum atomic E-state index is -0.180. The zero-order valence-electron chi connectivity index (χ0n) is 16.3. The molecule has 0 bridgehead atoms. The lowest BCUT2D eigenvalue weighted by Crippen LogP contribution is -2.10. The van der Waals surface area contributed by atoms with E-state index in [-0.39, 0.29) is 5.91 Å². The molecule has 0 aliphatic heterocycles. The van der Waals surface area contributed by atoms with E-state index in [4.69, 9.17) is 21.1 Å². The van der Waals surface area contributed by atoms with Crippen LogP contribution in [0.2, 0.25) is 5.02 Å². The molecule has 4 nitrogen and oxygen atoms in total. The number of halogens is 1. The highest BCUT2D eigenvalue weighted by atomic mass is 35.5. The van der Waals surface area contributed by atoms with Crippen LogP contribution in [0, 0.1) is 20.8 Å². The number of thiophene rings is 1. The first-order valence-electron chi connectivity index (χ1n) is 8.80. The number of carbonyl (C=O) groups excluding carboxylic acids is 1. The van der Waals surface area contributed by atoms with Gasteiger partial charge in [0.2, 0.25) is 0 Å². The van der Waals surface area contributed by atoms with E-state index >= 15 is 0 Å². The number of anilines is 1. The average molecular weight is 416 g/mol. The van der Waals surface area contributed by atoms with E-state index in [9.17, 15) is 4.79 Å². The molecule has 28 heavy (non-hydrogen) atoms. The maximum Gasteiger partial charge on any atom is 0.265 e. The molecule has 0 spiro atoms. The molecular weight excluding hydrogens is 394 g/mol. The molecule has 1 aromatic heterocycles. The summed E-state index contributed by atoms with van der Waals surface area (Å²) in [6, 6.07) is 11.2. The molecule has 146 valence electrons. The minimum Gasteiger partial charge on any atom is -0.495 e. The molecule has 2 aromatic carbocycles. The van der Waals surface area contributed by atoms with Gasteiger partial charge in [0, 0.05) is 11.3 Å². The Labute approximate surface area is 174 Å². The van der Waals surface area contributed by atoms with E-state index in [2.05, 4.69) is 24.4 Å². The third-order valence-corrected chi connectivity index (χ3v) is 5.55. The second-order valence-corrected chi connectivity index (χ2v) is 7.96. The van der Waals surface area contributed by atoms with Crippen LogP contribution < -0.4 is 14.8 Å². The number of ether oxygens (including phenoxy) is 2. The Bertz CT molecular complexity index is 990. The lowest BCUT2D eigenvalue weighted by atomic mass is 10.1. The van der Waals surface area contributed by atoms with Crippen molar-refractivity contribution in [3.05, 3.63) is 73.9 Å². The molecule has 6 heteroatoms. The zero-order valence-corrected chi connectivity index (χ0v) is 17.8. The molecule has 0 atom stereocenters. The van der Waals surface area contributed by atoms with Crippen molar-refractivity contribution >= 4 is 34.5 Å². The Hall–Kier alpha value is -2.50. The van der Waals surface area contributed by atoms with E-state index in [0.29, 0.717) is 27.9 Å². The van der Waals surface area contributed by atoms with Gasteiger partial charge in [0.05, 0.1) is 17.0 Å². The molecule has 0 fully saturated rings. The highest BCUT2D eigenvalue weighted by Gasteiger charge is 2.12. The molecule has 0 saturated heterocycles. The molecule has 0 unspecified atom stereocenters. The standard InChI is InChI=1S/C22H22ClNO3S/c1-13-7-14(2)21(15(3)8-13)27-11-16-9-20(28-12-16)22(25)24-17-5-6-19(26-4)18(23)10-17/h5-10,12H,11H2,1-4H3,(H,24,25). The largest absolute Gasteiger partial charge is 0.495 e. The molecular formula is C22H22ClNO3S. The summed E-state index contributed by atoms with van der Waals surface area (Å²) in [4.78, 5) is 13.1. The molecule has 1 N–H and O–H groups in total. The summed E-state index contributed by atoms with van der Waals surface area (Å²) in [7, 11) is 1.55. The van der Waals surface area contributed by atoms with Crippen LogP contribution in [0.1, 0.15) is 31.9 Å². The monoisotopic (exact) mass is 415 g/mol. The van der Waals surface area contributed by atoms with Crippen molar-refractivity contribution in [2.24, 2.45) is 0 Å². The molecule has 0 aliphatic rings. The third kappa shape index (κ3) is 4.66. The SMILES string of the molecule is COc1ccc(NC(=O)c2cc(COc3c(C)cc(C)cc3C)cs2)cc1Cl. The van der Waals surface area contributed by atoms with E-state index in [1.807, 2.05) is 25.3 Å². The van der Waals surface area contributed by atoms with Crippen LogP contribution in [-0.2, 0) is 6.61 Å². The van der Waals surface area contributed by atoms with Gasteiger partial charge in [-0.15, -0.1) is 11.3 Å². The maximum atomic E-state index is 12.5. The number of rotatable bonds is 6. The molecule has 0 aliphatic carbocycles. The number of amides is 1. The van der Waals surface area contributed by atoms with E-state index in [1.165, 1.54) is 16.9 Å². The molecule has 3 rings (SSSR count). The number of hydrogen-bond donors (Lipinski definition) is 1. The van der Waals surface area contributed by atoms with Crippen LogP contribution in [0.3, 0.4) is 0 Å². The van der Waals surface area contributed by atoms with Crippen LogP contribution in [0.5, 0.6) is 11.5 Å². The second-order valence-electron chi connectivity index (χ2n) is 6.64. The summed E-state index contributed by atoms with van der Waals surface area (Å²) in [6.07, 6.45) is 0. The van der Waals surface area contributed by atoms with Gasteiger partial charge in [-0.3, -0.25) is 4.79 Å². The smallest absolute Gasteiger partial charge is 0.265 e. The Morgan fingerprint density at radius 3 is 2.46 bits per heavy atom. The van der Waals surface area contributed by atoms with Crippen molar-refractivity contribution in [2.45, 2.75) is 27.4 Å². The number of benzene rings is 2. The van der Waals surface area contributed by atoms with Crippen molar-refractivity contribution in [1.82, 2.24) is 0 Å². The normalized spacial score (nSPS) is 10.6. The first-order valence-corrected chi connectivity index (χ1v) is 10.1. The number of hydrogen-bond acceptors (Lipinski definition) is 4. The van der Waals surface area contributed by atoms with Gasteiger partial charge in [0.15, 0.2) is 0 Å². The van der Waals surface area contributed by atoms with Gasteiger partial charge in [-0.1, -0.05) is 29.3 Å². The fraction of sp³-hybridized carbons (Fsp3) is 0.227. The van der Waals surface area contributed by atoms with Crippen molar-refractivity contribution in [3.8, 4) is 11.5 Å². The number of methoxy groups -OCH3 is 1. The van der Waals surface area contributed by atoms with Crippen LogP contribution >= 0.6 is 22.9 Å². The molecule has 0 radical (unpaired) electrons. The quantitative estimate of drug-likeness (QED) is 0.523. The number of aryl methyl sites for hydroxylation is 3. The van der Waals surface area contributed by atoms with Gasteiger partial charge >= 0.3 is 0 Å².